The quantitative estimate of drug-likeness (QED) is 0.173. The average Bonchev–Trinajstić information content (AvgIpc) is 4.04. The van der Waals surface area contributed by atoms with Gasteiger partial charge in [-0.15, -0.1) is 11.3 Å². The molecule has 8 aromatic carbocycles. The van der Waals surface area contributed by atoms with E-state index in [9.17, 15) is 0 Å². The van der Waals surface area contributed by atoms with Gasteiger partial charge in [0.05, 0.1) is 21.5 Å². The van der Waals surface area contributed by atoms with E-state index in [1.54, 1.807) is 0 Å². The second-order valence-corrected chi connectivity index (χ2v) is 18.7. The van der Waals surface area contributed by atoms with Crippen LogP contribution < -0.4 is 4.90 Å². The number of anilines is 3. The molecule has 296 valence electrons. The lowest BCUT2D eigenvalue weighted by molar-refractivity contribution is 0.660. The van der Waals surface area contributed by atoms with E-state index < -0.39 is 0 Å². The molecule has 0 N–H and O–H groups in total. The molecule has 3 heterocycles. The number of rotatable bonds is 5. The third-order valence-electron chi connectivity index (χ3n) is 13.6. The number of thiophene rings is 1. The highest BCUT2D eigenvalue weighted by Crippen LogP contribution is 2.54. The number of fused-ring (bicyclic) bond motifs is 12. The molecule has 0 saturated carbocycles. The van der Waals surface area contributed by atoms with Gasteiger partial charge < -0.3 is 13.7 Å². The van der Waals surface area contributed by atoms with Crippen molar-refractivity contribution in [1.82, 2.24) is 0 Å². The Balaban J connectivity index is 1.10. The van der Waals surface area contributed by atoms with Crippen LogP contribution in [0.3, 0.4) is 0 Å². The Hall–Kier alpha value is -7.14. The van der Waals surface area contributed by atoms with Gasteiger partial charge in [0.1, 0.15) is 22.3 Å². The summed E-state index contributed by atoms with van der Waals surface area (Å²) in [6, 6.07) is 57.6. The molecule has 0 spiro atoms. The molecule has 0 bridgehead atoms. The second-order valence-electron chi connectivity index (χ2n) is 17.7. The van der Waals surface area contributed by atoms with Gasteiger partial charge >= 0.3 is 0 Å². The van der Waals surface area contributed by atoms with Gasteiger partial charge in [-0.1, -0.05) is 142 Å². The molecule has 0 amide bonds. The first kappa shape index (κ1) is 35.6. The summed E-state index contributed by atoms with van der Waals surface area (Å²) in [6.45, 7) is 6.98. The lowest BCUT2D eigenvalue weighted by atomic mass is 9.81. The third-order valence-corrected chi connectivity index (χ3v) is 14.8. The molecule has 0 fully saturated rings. The number of hydrogen-bond acceptors (Lipinski definition) is 4. The summed E-state index contributed by atoms with van der Waals surface area (Å²) < 4.78 is 16.5. The van der Waals surface area contributed by atoms with Crippen molar-refractivity contribution in [3.05, 3.63) is 193 Å². The lowest BCUT2D eigenvalue weighted by Gasteiger charge is -2.27. The molecular weight excluding hydrogens is 775 g/mol. The van der Waals surface area contributed by atoms with Gasteiger partial charge in [0.25, 0.3) is 0 Å². The fraction of sp³-hybridized carbons (Fsp3) is 0.103. The van der Waals surface area contributed by atoms with E-state index in [1.165, 1.54) is 53.6 Å². The Bertz CT molecular complexity index is 3720. The molecule has 2 aliphatic carbocycles. The number of benzene rings is 8. The van der Waals surface area contributed by atoms with E-state index >= 15 is 0 Å². The number of para-hydroxylation sites is 1. The maximum absolute atomic E-state index is 7.22. The van der Waals surface area contributed by atoms with E-state index in [0.717, 1.165) is 78.5 Å². The smallest absolute Gasteiger partial charge is 0.144 e. The second kappa shape index (κ2) is 13.2. The third kappa shape index (κ3) is 5.11. The van der Waals surface area contributed by atoms with Crippen LogP contribution in [0.25, 0.3) is 91.9 Å². The Morgan fingerprint density at radius 1 is 0.581 bits per heavy atom. The zero-order valence-electron chi connectivity index (χ0n) is 34.7. The highest BCUT2D eigenvalue weighted by Gasteiger charge is 2.36. The number of furan rings is 2. The predicted molar refractivity (Wildman–Crippen MR) is 262 cm³/mol. The minimum absolute atomic E-state index is 0.153. The van der Waals surface area contributed by atoms with Crippen LogP contribution >= 0.6 is 11.3 Å². The summed E-state index contributed by atoms with van der Waals surface area (Å²) >= 11 is 1.85. The van der Waals surface area contributed by atoms with Gasteiger partial charge in [-0.25, -0.2) is 0 Å². The Kier molecular flexibility index (Phi) is 7.57. The van der Waals surface area contributed by atoms with Crippen molar-refractivity contribution in [1.29, 1.82) is 0 Å². The highest BCUT2D eigenvalue weighted by atomic mass is 32.1. The first-order valence-electron chi connectivity index (χ1n) is 21.6. The van der Waals surface area contributed by atoms with Gasteiger partial charge in [-0.2, -0.15) is 0 Å². The summed E-state index contributed by atoms with van der Waals surface area (Å²) in [7, 11) is 0. The summed E-state index contributed by atoms with van der Waals surface area (Å²) in [4.78, 5) is 2.45. The van der Waals surface area contributed by atoms with Gasteiger partial charge in [-0.3, -0.25) is 0 Å². The van der Waals surface area contributed by atoms with Crippen molar-refractivity contribution in [2.45, 2.75) is 32.6 Å². The Morgan fingerprint density at radius 3 is 2.19 bits per heavy atom. The van der Waals surface area contributed by atoms with E-state index in [4.69, 9.17) is 8.83 Å². The fourth-order valence-corrected chi connectivity index (χ4v) is 11.8. The van der Waals surface area contributed by atoms with Crippen LogP contribution in [0.1, 0.15) is 43.9 Å². The molecule has 3 nitrogen and oxygen atoms in total. The first-order chi connectivity index (χ1) is 30.4. The molecule has 2 aliphatic rings. The van der Waals surface area contributed by atoms with Crippen LogP contribution in [-0.4, -0.2) is 0 Å². The summed E-state index contributed by atoms with van der Waals surface area (Å²) in [5.41, 5.74) is 16.5. The molecule has 0 aliphatic heterocycles. The van der Waals surface area contributed by atoms with E-state index in [1.807, 2.05) is 11.3 Å². The molecule has 0 radical (unpaired) electrons. The largest absolute Gasteiger partial charge is 0.456 e. The monoisotopic (exact) mass is 815 g/mol. The van der Waals surface area contributed by atoms with Gasteiger partial charge in [0, 0.05) is 48.3 Å². The molecule has 62 heavy (non-hydrogen) atoms. The minimum Gasteiger partial charge on any atom is -0.456 e. The molecule has 3 aromatic heterocycles. The van der Waals surface area contributed by atoms with Crippen LogP contribution in [-0.2, 0) is 5.41 Å². The van der Waals surface area contributed by atoms with E-state index in [2.05, 4.69) is 202 Å². The van der Waals surface area contributed by atoms with Crippen molar-refractivity contribution in [2.75, 3.05) is 4.90 Å². The lowest BCUT2D eigenvalue weighted by Crippen LogP contribution is -2.14. The van der Waals surface area contributed by atoms with Crippen molar-refractivity contribution in [3.63, 3.8) is 0 Å². The zero-order chi connectivity index (χ0) is 41.3. The number of allylic oxidation sites excluding steroid dienone is 4. The first-order valence-corrected chi connectivity index (χ1v) is 22.5. The summed E-state index contributed by atoms with van der Waals surface area (Å²) in [5.74, 6) is 0.520. The van der Waals surface area contributed by atoms with E-state index in [-0.39, 0.29) is 5.41 Å². The standard InChI is InChI=1S/C58H41NO2S/c1-34-13-10-14-36(31-34)35-25-28-38(29-26-35)59(48-21-11-18-42-41-16-6-9-24-52(41)62-57(42)48)47-20-12-23-50-54(47)44-33-51-55(43-17-5-8-22-49(43)60-51)53(56(44)61-50)37-27-30-40-39-15-4-7-19-45(39)58(2,3)46(40)32-37/h4-12,14-34H,13H2,1-3H3. The molecule has 13 rings (SSSR count). The van der Waals surface area contributed by atoms with Crippen LogP contribution in [0, 0.1) is 5.92 Å². The van der Waals surface area contributed by atoms with Crippen molar-refractivity contribution < 1.29 is 8.83 Å². The van der Waals surface area contributed by atoms with Gasteiger partial charge in [0.2, 0.25) is 0 Å². The maximum atomic E-state index is 7.22. The van der Waals surface area contributed by atoms with Crippen LogP contribution in [0.5, 0.6) is 0 Å². The van der Waals surface area contributed by atoms with Crippen molar-refractivity contribution in [3.8, 4) is 22.3 Å². The molecule has 0 saturated heterocycles. The normalized spacial score (nSPS) is 15.6. The molecule has 11 aromatic rings. The molecule has 1 atom stereocenters. The number of nitrogens with zero attached hydrogens (tertiary/aromatic N) is 1. The predicted octanol–water partition coefficient (Wildman–Crippen LogP) is 17.3. The van der Waals surface area contributed by atoms with Crippen molar-refractivity contribution >= 4 is 98.0 Å². The summed E-state index contributed by atoms with van der Waals surface area (Å²) in [5, 5.41) is 6.77. The van der Waals surface area contributed by atoms with Crippen LogP contribution in [0.2, 0.25) is 0 Å². The Labute approximate surface area is 363 Å². The zero-order valence-corrected chi connectivity index (χ0v) is 35.5. The highest BCUT2D eigenvalue weighted by molar-refractivity contribution is 7.26. The van der Waals surface area contributed by atoms with Gasteiger partial charge in [0.15, 0.2) is 0 Å². The average molecular weight is 816 g/mol. The minimum atomic E-state index is -0.153. The van der Waals surface area contributed by atoms with E-state index in [0.29, 0.717) is 5.92 Å². The fourth-order valence-electron chi connectivity index (χ4n) is 10.6. The molecule has 4 heteroatoms. The summed E-state index contributed by atoms with van der Waals surface area (Å²) in [6.07, 6.45) is 8.03. The maximum Gasteiger partial charge on any atom is 0.144 e. The van der Waals surface area contributed by atoms with Crippen molar-refractivity contribution in [2.24, 2.45) is 5.92 Å². The SMILES string of the molecule is CC1C=C(c2ccc(N(c3cccc4c3sc3ccccc34)c3cccc4oc5c(-c6ccc7c(c6)C(C)(C)c6ccccc6-7)c6c(cc5c34)oc3ccccc36)cc2)C=CC1. The Morgan fingerprint density at radius 2 is 1.31 bits per heavy atom. The van der Waals surface area contributed by atoms with Crippen LogP contribution in [0.4, 0.5) is 17.1 Å². The topological polar surface area (TPSA) is 29.5 Å². The molecule has 1 unspecified atom stereocenters. The van der Waals surface area contributed by atoms with Gasteiger partial charge in [-0.05, 0) is 106 Å². The van der Waals surface area contributed by atoms with Crippen LogP contribution in [0.15, 0.2) is 185 Å². The molecular formula is C58H41NO2S. The number of hydrogen-bond donors (Lipinski definition) is 0.